The van der Waals surface area contributed by atoms with Gasteiger partial charge in [-0.05, 0) is 45.9 Å². The predicted octanol–water partition coefficient (Wildman–Crippen LogP) is 1.74. The van der Waals surface area contributed by atoms with Crippen molar-refractivity contribution in [2.45, 2.75) is 38.6 Å². The second kappa shape index (κ2) is 8.96. The number of nitrogens with zero attached hydrogens (tertiary/aromatic N) is 2. The maximum absolute atomic E-state index is 12.5. The van der Waals surface area contributed by atoms with E-state index in [1.54, 1.807) is 18.7 Å². The number of amides is 1. The molecule has 1 aromatic rings. The van der Waals surface area contributed by atoms with E-state index in [2.05, 4.69) is 0 Å². The molecule has 1 amide bonds. The smallest absolute Gasteiger partial charge is 0.338 e. The van der Waals surface area contributed by atoms with E-state index < -0.39 is 16.0 Å². The van der Waals surface area contributed by atoms with Crippen molar-refractivity contribution in [1.82, 2.24) is 9.21 Å². The molecule has 0 unspecified atom stereocenters. The largest absolute Gasteiger partial charge is 0.452 e. The van der Waals surface area contributed by atoms with Crippen LogP contribution in [0.3, 0.4) is 0 Å². The fourth-order valence-corrected chi connectivity index (χ4v) is 3.52. The van der Waals surface area contributed by atoms with Crippen LogP contribution in [0.25, 0.3) is 0 Å². The second-order valence-electron chi connectivity index (χ2n) is 5.78. The number of hydrogen-bond acceptors (Lipinski definition) is 5. The summed E-state index contributed by atoms with van der Waals surface area (Å²) >= 11 is 0. The van der Waals surface area contributed by atoms with Crippen LogP contribution in [-0.2, 0) is 19.6 Å². The van der Waals surface area contributed by atoms with Crippen LogP contribution in [0.4, 0.5) is 0 Å². The van der Waals surface area contributed by atoms with Crippen molar-refractivity contribution in [2.75, 3.05) is 26.7 Å². The maximum Gasteiger partial charge on any atom is 0.338 e. The summed E-state index contributed by atoms with van der Waals surface area (Å²) in [6, 6.07) is 5.40. The minimum atomic E-state index is -3.70. The van der Waals surface area contributed by atoms with Gasteiger partial charge in [-0.3, -0.25) is 4.79 Å². The zero-order chi connectivity index (χ0) is 19.2. The van der Waals surface area contributed by atoms with Gasteiger partial charge in [-0.1, -0.05) is 6.07 Å². The van der Waals surface area contributed by atoms with Crippen molar-refractivity contribution in [3.63, 3.8) is 0 Å². The molecule has 0 radical (unpaired) electrons. The average Bonchev–Trinajstić information content (AvgIpc) is 2.59. The molecular weight excluding hydrogens is 344 g/mol. The molecule has 8 heteroatoms. The van der Waals surface area contributed by atoms with Crippen LogP contribution in [0.1, 0.15) is 38.1 Å². The highest BCUT2D eigenvalue weighted by atomic mass is 32.2. The SMILES string of the molecule is CCN(CC)C(=O)COC(=O)c1cccc(S(=O)(=O)N(C)C(C)C)c1. The minimum absolute atomic E-state index is 0.00761. The van der Waals surface area contributed by atoms with Crippen LogP contribution < -0.4 is 0 Å². The Morgan fingerprint density at radius 3 is 2.28 bits per heavy atom. The van der Waals surface area contributed by atoms with Crippen LogP contribution in [0.5, 0.6) is 0 Å². The second-order valence-corrected chi connectivity index (χ2v) is 7.78. The van der Waals surface area contributed by atoms with Crippen LogP contribution in [0, 0.1) is 0 Å². The molecule has 0 aliphatic rings. The van der Waals surface area contributed by atoms with Gasteiger partial charge in [-0.25, -0.2) is 13.2 Å². The van der Waals surface area contributed by atoms with E-state index >= 15 is 0 Å². The van der Waals surface area contributed by atoms with Crippen molar-refractivity contribution < 1.29 is 22.7 Å². The fraction of sp³-hybridized carbons (Fsp3) is 0.529. The summed E-state index contributed by atoms with van der Waals surface area (Å²) in [5, 5.41) is 0. The Labute approximate surface area is 149 Å². The molecule has 0 N–H and O–H groups in total. The number of carbonyl (C=O) groups is 2. The third-order valence-electron chi connectivity index (χ3n) is 3.92. The van der Waals surface area contributed by atoms with Crippen molar-refractivity contribution in [2.24, 2.45) is 0 Å². The molecule has 0 spiro atoms. The molecule has 0 atom stereocenters. The van der Waals surface area contributed by atoms with Crippen LogP contribution in [-0.4, -0.2) is 62.3 Å². The van der Waals surface area contributed by atoms with E-state index in [-0.39, 0.29) is 29.0 Å². The summed E-state index contributed by atoms with van der Waals surface area (Å²) in [4.78, 5) is 25.6. The van der Waals surface area contributed by atoms with Crippen molar-refractivity contribution in [3.05, 3.63) is 29.8 Å². The summed E-state index contributed by atoms with van der Waals surface area (Å²) in [5.74, 6) is -1.02. The monoisotopic (exact) mass is 370 g/mol. The van der Waals surface area contributed by atoms with E-state index in [0.717, 1.165) is 0 Å². The Morgan fingerprint density at radius 1 is 1.16 bits per heavy atom. The van der Waals surface area contributed by atoms with Gasteiger partial charge in [0, 0.05) is 26.2 Å². The van der Waals surface area contributed by atoms with Crippen LogP contribution in [0.15, 0.2) is 29.2 Å². The molecule has 1 rings (SSSR count). The van der Waals surface area contributed by atoms with Gasteiger partial charge in [0.05, 0.1) is 10.5 Å². The normalized spacial score (nSPS) is 11.6. The maximum atomic E-state index is 12.5. The Kier molecular flexibility index (Phi) is 7.57. The molecule has 1 aromatic carbocycles. The average molecular weight is 370 g/mol. The lowest BCUT2D eigenvalue weighted by molar-refractivity contribution is -0.134. The Morgan fingerprint density at radius 2 is 1.76 bits per heavy atom. The first-order valence-electron chi connectivity index (χ1n) is 8.18. The Bertz CT molecular complexity index is 712. The molecule has 0 aliphatic heterocycles. The predicted molar refractivity (Wildman–Crippen MR) is 94.7 cm³/mol. The first kappa shape index (κ1) is 21.1. The quantitative estimate of drug-likeness (QED) is 0.651. The summed E-state index contributed by atoms with van der Waals surface area (Å²) in [6.45, 7) is 7.88. The molecular formula is C17H26N2O5S. The van der Waals surface area contributed by atoms with Gasteiger partial charge >= 0.3 is 5.97 Å². The fourth-order valence-electron chi connectivity index (χ4n) is 2.11. The lowest BCUT2D eigenvalue weighted by Gasteiger charge is -2.21. The molecule has 0 heterocycles. The van der Waals surface area contributed by atoms with Gasteiger partial charge in [-0.2, -0.15) is 4.31 Å². The standard InChI is InChI=1S/C17H26N2O5S/c1-6-19(7-2)16(20)12-24-17(21)14-9-8-10-15(11-14)25(22,23)18(5)13(3)4/h8-11,13H,6-7,12H2,1-5H3. The number of sulfonamides is 1. The van der Waals surface area contributed by atoms with E-state index in [9.17, 15) is 18.0 Å². The van der Waals surface area contributed by atoms with E-state index in [0.29, 0.717) is 13.1 Å². The first-order valence-corrected chi connectivity index (χ1v) is 9.62. The third-order valence-corrected chi connectivity index (χ3v) is 5.95. The molecule has 25 heavy (non-hydrogen) atoms. The number of hydrogen-bond donors (Lipinski definition) is 0. The topological polar surface area (TPSA) is 84.0 Å². The molecule has 0 saturated carbocycles. The Balaban J connectivity index is 2.91. The zero-order valence-electron chi connectivity index (χ0n) is 15.4. The molecule has 140 valence electrons. The number of benzene rings is 1. The highest BCUT2D eigenvalue weighted by molar-refractivity contribution is 7.89. The van der Waals surface area contributed by atoms with Crippen LogP contribution >= 0.6 is 0 Å². The summed E-state index contributed by atoms with van der Waals surface area (Å²) in [5.41, 5.74) is 0.0885. The van der Waals surface area contributed by atoms with E-state index in [1.807, 2.05) is 13.8 Å². The van der Waals surface area contributed by atoms with Gasteiger partial charge in [0.15, 0.2) is 6.61 Å². The molecule has 0 bridgehead atoms. The number of rotatable bonds is 8. The van der Waals surface area contributed by atoms with Gasteiger partial charge in [0.2, 0.25) is 10.0 Å². The Hall–Kier alpha value is -1.93. The highest BCUT2D eigenvalue weighted by Crippen LogP contribution is 2.18. The molecule has 7 nitrogen and oxygen atoms in total. The number of likely N-dealkylation sites (N-methyl/N-ethyl adjacent to an activating group) is 1. The lowest BCUT2D eigenvalue weighted by atomic mass is 10.2. The third kappa shape index (κ3) is 5.27. The highest BCUT2D eigenvalue weighted by Gasteiger charge is 2.24. The summed E-state index contributed by atoms with van der Waals surface area (Å²) in [7, 11) is -2.22. The van der Waals surface area contributed by atoms with Gasteiger partial charge in [0.25, 0.3) is 5.91 Å². The van der Waals surface area contributed by atoms with E-state index in [4.69, 9.17) is 4.74 Å². The first-order chi connectivity index (χ1) is 11.6. The summed E-state index contributed by atoms with van der Waals surface area (Å²) < 4.78 is 31.2. The minimum Gasteiger partial charge on any atom is -0.452 e. The van der Waals surface area contributed by atoms with Gasteiger partial charge < -0.3 is 9.64 Å². The molecule has 0 aliphatic carbocycles. The molecule has 0 aromatic heterocycles. The number of esters is 1. The summed E-state index contributed by atoms with van der Waals surface area (Å²) in [6.07, 6.45) is 0. The van der Waals surface area contributed by atoms with Gasteiger partial charge in [0.1, 0.15) is 0 Å². The number of ether oxygens (including phenoxy) is 1. The van der Waals surface area contributed by atoms with Crippen LogP contribution in [0.2, 0.25) is 0 Å². The molecule has 0 saturated heterocycles. The van der Waals surface area contributed by atoms with Gasteiger partial charge in [-0.15, -0.1) is 0 Å². The van der Waals surface area contributed by atoms with Crippen molar-refractivity contribution >= 4 is 21.9 Å². The van der Waals surface area contributed by atoms with Crippen molar-refractivity contribution in [3.8, 4) is 0 Å². The lowest BCUT2D eigenvalue weighted by Crippen LogP contribution is -2.34. The molecule has 0 fully saturated rings. The zero-order valence-corrected chi connectivity index (χ0v) is 16.2. The van der Waals surface area contributed by atoms with E-state index in [1.165, 1.54) is 35.6 Å². The number of carbonyl (C=O) groups excluding carboxylic acids is 2. The van der Waals surface area contributed by atoms with Crippen molar-refractivity contribution in [1.29, 1.82) is 0 Å².